The van der Waals surface area contributed by atoms with Crippen LogP contribution in [0.2, 0.25) is 0 Å². The minimum absolute atomic E-state index is 0.238. The summed E-state index contributed by atoms with van der Waals surface area (Å²) in [6.07, 6.45) is 1.01. The zero-order valence-electron chi connectivity index (χ0n) is 11.5. The maximum atomic E-state index is 9.68. The van der Waals surface area contributed by atoms with Crippen LogP contribution in [-0.2, 0) is 9.47 Å². The lowest BCUT2D eigenvalue weighted by Gasteiger charge is -2.14. The summed E-state index contributed by atoms with van der Waals surface area (Å²) in [5.41, 5.74) is 0.408. The van der Waals surface area contributed by atoms with Crippen LogP contribution in [0.3, 0.4) is 0 Å². The first-order valence-corrected chi connectivity index (χ1v) is 6.52. The Morgan fingerprint density at radius 2 is 2.00 bits per heavy atom. The lowest BCUT2D eigenvalue weighted by atomic mass is 10.2. The van der Waals surface area contributed by atoms with E-state index < -0.39 is 6.10 Å². The van der Waals surface area contributed by atoms with Crippen molar-refractivity contribution in [3.05, 3.63) is 0 Å². The summed E-state index contributed by atoms with van der Waals surface area (Å²) >= 11 is 0. The number of ether oxygens (including phenoxy) is 2. The fraction of sp³-hybridized carbons (Fsp3) is 1.00. The highest BCUT2D eigenvalue weighted by molar-refractivity contribution is 5.01. The molecule has 2 atom stereocenters. The molecule has 102 valence electrons. The van der Waals surface area contributed by atoms with E-state index in [0.29, 0.717) is 37.8 Å². The molecule has 1 rings (SSSR count). The number of hydrogen-bond acceptors (Lipinski definition) is 4. The molecule has 4 nitrogen and oxygen atoms in total. The molecule has 0 heterocycles. The molecule has 2 unspecified atom stereocenters. The predicted octanol–water partition coefficient (Wildman–Crippen LogP) is 1.18. The maximum Gasteiger partial charge on any atom is 0.0897 e. The number of hydrogen-bond donors (Lipinski definition) is 2. The van der Waals surface area contributed by atoms with Gasteiger partial charge in [0.2, 0.25) is 0 Å². The summed E-state index contributed by atoms with van der Waals surface area (Å²) in [4.78, 5) is 0. The minimum Gasteiger partial charge on any atom is -0.389 e. The zero-order valence-corrected chi connectivity index (χ0v) is 11.5. The number of aliphatic hydroxyl groups is 1. The van der Waals surface area contributed by atoms with Gasteiger partial charge in [0.15, 0.2) is 0 Å². The van der Waals surface area contributed by atoms with Gasteiger partial charge >= 0.3 is 0 Å². The predicted molar refractivity (Wildman–Crippen MR) is 68.1 cm³/mol. The van der Waals surface area contributed by atoms with Crippen molar-refractivity contribution in [2.75, 3.05) is 26.4 Å². The maximum absolute atomic E-state index is 9.68. The van der Waals surface area contributed by atoms with E-state index >= 15 is 0 Å². The van der Waals surface area contributed by atoms with Crippen molar-refractivity contribution in [2.24, 2.45) is 5.41 Å². The van der Waals surface area contributed by atoms with Crippen molar-refractivity contribution in [3.8, 4) is 0 Å². The molecule has 0 radical (unpaired) electrons. The van der Waals surface area contributed by atoms with E-state index in [2.05, 4.69) is 19.2 Å². The Labute approximate surface area is 105 Å². The number of nitrogens with one attached hydrogen (secondary N) is 1. The van der Waals surface area contributed by atoms with Gasteiger partial charge in [-0.2, -0.15) is 0 Å². The quantitative estimate of drug-likeness (QED) is 0.599. The van der Waals surface area contributed by atoms with Crippen LogP contribution in [0.5, 0.6) is 0 Å². The van der Waals surface area contributed by atoms with Crippen LogP contribution >= 0.6 is 0 Å². The molecule has 1 fully saturated rings. The molecule has 0 aromatic carbocycles. The van der Waals surface area contributed by atoms with Crippen LogP contribution in [0.15, 0.2) is 0 Å². The highest BCUT2D eigenvalue weighted by Crippen LogP contribution is 2.44. The SMILES string of the molecule is CC(C)OCCOCC(O)CNC1CC1(C)C. The van der Waals surface area contributed by atoms with E-state index in [1.807, 2.05) is 13.8 Å². The number of aliphatic hydroxyl groups excluding tert-OH is 1. The van der Waals surface area contributed by atoms with Crippen LogP contribution in [-0.4, -0.2) is 49.7 Å². The first-order chi connectivity index (χ1) is 7.92. The second-order valence-electron chi connectivity index (χ2n) is 5.80. The second-order valence-corrected chi connectivity index (χ2v) is 5.80. The smallest absolute Gasteiger partial charge is 0.0897 e. The van der Waals surface area contributed by atoms with Crippen molar-refractivity contribution in [3.63, 3.8) is 0 Å². The molecule has 0 saturated heterocycles. The van der Waals surface area contributed by atoms with E-state index in [-0.39, 0.29) is 6.10 Å². The third-order valence-electron chi connectivity index (χ3n) is 3.10. The van der Waals surface area contributed by atoms with E-state index in [1.165, 1.54) is 6.42 Å². The van der Waals surface area contributed by atoms with Crippen LogP contribution in [0.1, 0.15) is 34.1 Å². The van der Waals surface area contributed by atoms with E-state index in [0.717, 1.165) is 0 Å². The Hall–Kier alpha value is -0.160. The van der Waals surface area contributed by atoms with Gasteiger partial charge in [-0.1, -0.05) is 13.8 Å². The molecule has 0 spiro atoms. The Kier molecular flexibility index (Phi) is 5.86. The highest BCUT2D eigenvalue weighted by Gasteiger charge is 2.45. The van der Waals surface area contributed by atoms with Gasteiger partial charge in [-0.15, -0.1) is 0 Å². The van der Waals surface area contributed by atoms with Crippen LogP contribution in [0, 0.1) is 5.41 Å². The lowest BCUT2D eigenvalue weighted by Crippen LogP contribution is -2.33. The summed E-state index contributed by atoms with van der Waals surface area (Å²) in [5.74, 6) is 0. The van der Waals surface area contributed by atoms with Gasteiger partial charge in [-0.3, -0.25) is 0 Å². The lowest BCUT2D eigenvalue weighted by molar-refractivity contribution is -0.0101. The summed E-state index contributed by atoms with van der Waals surface area (Å²) in [5, 5.41) is 13.0. The molecule has 4 heteroatoms. The molecular weight excluding hydrogens is 218 g/mol. The molecule has 0 aromatic heterocycles. The normalized spacial score (nSPS) is 24.0. The summed E-state index contributed by atoms with van der Waals surface area (Å²) in [6.45, 7) is 10.6. The van der Waals surface area contributed by atoms with Crippen molar-refractivity contribution in [1.29, 1.82) is 0 Å². The monoisotopic (exact) mass is 245 g/mol. The third kappa shape index (κ3) is 6.36. The van der Waals surface area contributed by atoms with E-state index in [9.17, 15) is 5.11 Å². The average Bonchev–Trinajstić information content (AvgIpc) is 2.82. The van der Waals surface area contributed by atoms with Gasteiger partial charge in [0, 0.05) is 12.6 Å². The molecule has 1 aliphatic rings. The van der Waals surface area contributed by atoms with Gasteiger partial charge in [0.25, 0.3) is 0 Å². The van der Waals surface area contributed by atoms with Crippen LogP contribution in [0.4, 0.5) is 0 Å². The average molecular weight is 245 g/mol. The Balaban J connectivity index is 1.90. The zero-order chi connectivity index (χ0) is 12.9. The molecular formula is C13H27NO3. The van der Waals surface area contributed by atoms with Gasteiger partial charge in [-0.25, -0.2) is 0 Å². The largest absolute Gasteiger partial charge is 0.389 e. The first kappa shape index (κ1) is 14.9. The standard InChI is InChI=1S/C13H27NO3/c1-10(2)17-6-5-16-9-11(15)8-14-12-7-13(12,3)4/h10-12,14-15H,5-9H2,1-4H3. The van der Waals surface area contributed by atoms with Gasteiger partial charge < -0.3 is 19.9 Å². The third-order valence-corrected chi connectivity index (χ3v) is 3.10. The summed E-state index contributed by atoms with van der Waals surface area (Å²) in [7, 11) is 0. The number of rotatable bonds is 9. The first-order valence-electron chi connectivity index (χ1n) is 6.52. The van der Waals surface area contributed by atoms with Crippen LogP contribution in [0.25, 0.3) is 0 Å². The fourth-order valence-corrected chi connectivity index (χ4v) is 1.71. The molecule has 1 aliphatic carbocycles. The summed E-state index contributed by atoms with van der Waals surface area (Å²) < 4.78 is 10.7. The van der Waals surface area contributed by atoms with Gasteiger partial charge in [0.1, 0.15) is 0 Å². The van der Waals surface area contributed by atoms with Crippen LogP contribution < -0.4 is 5.32 Å². The molecule has 2 N–H and O–H groups in total. The topological polar surface area (TPSA) is 50.7 Å². The van der Waals surface area contributed by atoms with Crippen molar-refractivity contribution >= 4 is 0 Å². The molecule has 0 aromatic rings. The Morgan fingerprint density at radius 1 is 1.35 bits per heavy atom. The van der Waals surface area contributed by atoms with E-state index in [4.69, 9.17) is 9.47 Å². The van der Waals surface area contributed by atoms with Crippen molar-refractivity contribution < 1.29 is 14.6 Å². The minimum atomic E-state index is -0.426. The highest BCUT2D eigenvalue weighted by atomic mass is 16.5. The molecule has 0 aliphatic heterocycles. The van der Waals surface area contributed by atoms with E-state index in [1.54, 1.807) is 0 Å². The Morgan fingerprint density at radius 3 is 2.53 bits per heavy atom. The Bertz CT molecular complexity index is 219. The van der Waals surface area contributed by atoms with Crippen molar-refractivity contribution in [2.45, 2.75) is 52.4 Å². The fourth-order valence-electron chi connectivity index (χ4n) is 1.71. The van der Waals surface area contributed by atoms with Gasteiger partial charge in [0.05, 0.1) is 32.0 Å². The summed E-state index contributed by atoms with van der Waals surface area (Å²) in [6, 6.07) is 0.557. The van der Waals surface area contributed by atoms with Gasteiger partial charge in [-0.05, 0) is 25.7 Å². The van der Waals surface area contributed by atoms with Crippen molar-refractivity contribution in [1.82, 2.24) is 5.32 Å². The second kappa shape index (κ2) is 6.69. The molecule has 17 heavy (non-hydrogen) atoms. The molecule has 0 bridgehead atoms. The molecule has 0 amide bonds. The molecule has 1 saturated carbocycles.